The zero-order chi connectivity index (χ0) is 15.9. The number of carbonyl (C=O) groups excluding carboxylic acids is 2. The third kappa shape index (κ3) is 5.99. The molecule has 2 atom stereocenters. The lowest BCUT2D eigenvalue weighted by molar-refractivity contribution is -0.123. The van der Waals surface area contributed by atoms with Gasteiger partial charge in [-0.2, -0.15) is 35.3 Å². The van der Waals surface area contributed by atoms with Gasteiger partial charge in [-0.3, -0.25) is 9.59 Å². The molecule has 6 heteroatoms. The molecule has 0 radical (unpaired) electrons. The molecule has 0 amide bonds. The Morgan fingerprint density at radius 1 is 0.955 bits per heavy atom. The Labute approximate surface area is 151 Å². The lowest BCUT2D eigenvalue weighted by Gasteiger charge is -2.28. The third-order valence-electron chi connectivity index (χ3n) is 4.44. The van der Waals surface area contributed by atoms with Crippen molar-refractivity contribution < 1.29 is 9.59 Å². The van der Waals surface area contributed by atoms with Crippen LogP contribution in [-0.2, 0) is 9.59 Å². The summed E-state index contributed by atoms with van der Waals surface area (Å²) < 4.78 is 0. The first-order valence-corrected chi connectivity index (χ1v) is 12.5. The lowest BCUT2D eigenvalue weighted by atomic mass is 9.81. The second-order valence-electron chi connectivity index (χ2n) is 6.16. The van der Waals surface area contributed by atoms with Gasteiger partial charge < -0.3 is 0 Å². The Morgan fingerprint density at radius 3 is 2.00 bits per heavy atom. The van der Waals surface area contributed by atoms with Crippen LogP contribution in [0.4, 0.5) is 0 Å². The van der Waals surface area contributed by atoms with Crippen molar-refractivity contribution in [3.8, 4) is 0 Å². The summed E-state index contributed by atoms with van der Waals surface area (Å²) in [5.41, 5.74) is 0. The SMILES string of the molecule is CSCC1CSC(CSC(=O)C2CCC(C(C)=O)CC2)CS1. The highest BCUT2D eigenvalue weighted by Crippen LogP contribution is 2.36. The summed E-state index contributed by atoms with van der Waals surface area (Å²) in [6.07, 6.45) is 5.83. The Bertz CT molecular complexity index is 372. The first kappa shape index (κ1) is 19.1. The molecule has 0 spiro atoms. The van der Waals surface area contributed by atoms with E-state index in [0.29, 0.717) is 16.1 Å². The molecule has 1 saturated carbocycles. The van der Waals surface area contributed by atoms with Crippen LogP contribution in [0.1, 0.15) is 32.6 Å². The number of rotatable bonds is 6. The van der Waals surface area contributed by atoms with E-state index < -0.39 is 0 Å². The highest BCUT2D eigenvalue weighted by Gasteiger charge is 2.29. The van der Waals surface area contributed by atoms with Crippen LogP contribution >= 0.6 is 47.0 Å². The number of thioether (sulfide) groups is 4. The van der Waals surface area contributed by atoms with E-state index in [1.807, 2.05) is 11.8 Å². The van der Waals surface area contributed by atoms with Gasteiger partial charge in [0.1, 0.15) is 5.78 Å². The summed E-state index contributed by atoms with van der Waals surface area (Å²) in [4.78, 5) is 23.7. The second-order valence-corrected chi connectivity index (χ2v) is 10.8. The molecule has 126 valence electrons. The summed E-state index contributed by atoms with van der Waals surface area (Å²) in [6.45, 7) is 1.68. The maximum absolute atomic E-state index is 12.3. The normalized spacial score (nSPS) is 32.6. The van der Waals surface area contributed by atoms with Gasteiger partial charge in [-0.25, -0.2) is 0 Å². The van der Waals surface area contributed by atoms with E-state index in [0.717, 1.165) is 36.7 Å². The Kier molecular flexibility index (Phi) is 8.58. The summed E-state index contributed by atoms with van der Waals surface area (Å²) in [5, 5.41) is 1.79. The van der Waals surface area contributed by atoms with E-state index in [2.05, 4.69) is 29.8 Å². The van der Waals surface area contributed by atoms with E-state index in [4.69, 9.17) is 0 Å². The molecule has 2 unspecified atom stereocenters. The fourth-order valence-corrected chi connectivity index (χ4v) is 8.55. The molecule has 1 saturated heterocycles. The van der Waals surface area contributed by atoms with Crippen molar-refractivity contribution in [2.75, 3.05) is 29.3 Å². The van der Waals surface area contributed by atoms with Crippen molar-refractivity contribution >= 4 is 57.9 Å². The zero-order valence-corrected chi connectivity index (χ0v) is 16.7. The molecule has 0 N–H and O–H groups in total. The van der Waals surface area contributed by atoms with Crippen molar-refractivity contribution in [1.29, 1.82) is 0 Å². The highest BCUT2D eigenvalue weighted by atomic mass is 32.2. The van der Waals surface area contributed by atoms with Crippen molar-refractivity contribution in [2.24, 2.45) is 11.8 Å². The molecule has 22 heavy (non-hydrogen) atoms. The molecule has 0 aromatic heterocycles. The number of carbonyl (C=O) groups is 2. The lowest BCUT2D eigenvalue weighted by Crippen LogP contribution is -2.27. The number of ketones is 1. The van der Waals surface area contributed by atoms with E-state index in [9.17, 15) is 9.59 Å². The van der Waals surface area contributed by atoms with Crippen LogP contribution in [0.3, 0.4) is 0 Å². The molecule has 2 nitrogen and oxygen atoms in total. The van der Waals surface area contributed by atoms with Crippen LogP contribution < -0.4 is 0 Å². The summed E-state index contributed by atoms with van der Waals surface area (Å²) >= 11 is 7.62. The van der Waals surface area contributed by atoms with Crippen LogP contribution in [0.5, 0.6) is 0 Å². The number of hydrogen-bond donors (Lipinski definition) is 0. The largest absolute Gasteiger partial charge is 0.300 e. The van der Waals surface area contributed by atoms with E-state index in [1.165, 1.54) is 17.3 Å². The average molecular weight is 379 g/mol. The van der Waals surface area contributed by atoms with Gasteiger partial charge in [-0.05, 0) is 38.9 Å². The van der Waals surface area contributed by atoms with Gasteiger partial charge in [-0.1, -0.05) is 11.8 Å². The van der Waals surface area contributed by atoms with Gasteiger partial charge >= 0.3 is 0 Å². The van der Waals surface area contributed by atoms with Crippen LogP contribution in [0.25, 0.3) is 0 Å². The van der Waals surface area contributed by atoms with Crippen LogP contribution in [0.15, 0.2) is 0 Å². The third-order valence-corrected chi connectivity index (χ3v) is 10.0. The molecule has 1 aliphatic heterocycles. The van der Waals surface area contributed by atoms with Crippen molar-refractivity contribution in [3.05, 3.63) is 0 Å². The fourth-order valence-electron chi connectivity index (χ4n) is 2.99. The van der Waals surface area contributed by atoms with Gasteiger partial charge in [-0.15, -0.1) is 0 Å². The average Bonchev–Trinajstić information content (AvgIpc) is 2.54. The summed E-state index contributed by atoms with van der Waals surface area (Å²) in [6, 6.07) is 0. The smallest absolute Gasteiger partial charge is 0.192 e. The standard InChI is InChI=1S/C16H26O2S4/c1-11(17)12-3-5-13(6-4-12)16(18)22-10-15-9-20-14(7-19-2)8-21-15/h12-15H,3-10H2,1-2H3. The van der Waals surface area contributed by atoms with Crippen LogP contribution in [0.2, 0.25) is 0 Å². The quantitative estimate of drug-likeness (QED) is 0.688. The molecular weight excluding hydrogens is 352 g/mol. The first-order valence-electron chi connectivity index (χ1n) is 7.99. The maximum Gasteiger partial charge on any atom is 0.192 e. The molecule has 2 rings (SSSR count). The molecule has 2 aliphatic rings. The highest BCUT2D eigenvalue weighted by molar-refractivity contribution is 8.15. The molecule has 2 fully saturated rings. The van der Waals surface area contributed by atoms with E-state index >= 15 is 0 Å². The monoisotopic (exact) mass is 378 g/mol. The first-order chi connectivity index (χ1) is 10.6. The second kappa shape index (κ2) is 9.90. The minimum Gasteiger partial charge on any atom is -0.300 e. The van der Waals surface area contributed by atoms with Gasteiger partial charge in [0.25, 0.3) is 0 Å². The predicted octanol–water partition coefficient (Wildman–Crippen LogP) is 4.22. The molecule has 1 heterocycles. The van der Waals surface area contributed by atoms with E-state index in [1.54, 1.807) is 18.7 Å². The van der Waals surface area contributed by atoms with Crippen LogP contribution in [0, 0.1) is 11.8 Å². The molecule has 0 aromatic rings. The topological polar surface area (TPSA) is 34.1 Å². The zero-order valence-electron chi connectivity index (χ0n) is 13.4. The van der Waals surface area contributed by atoms with Crippen LogP contribution in [-0.4, -0.2) is 50.7 Å². The number of Topliss-reactive ketones (excluding diaryl/α,β-unsaturated/α-hetero) is 1. The summed E-state index contributed by atoms with van der Waals surface area (Å²) in [7, 11) is 0. The van der Waals surface area contributed by atoms with Crippen molar-refractivity contribution in [1.82, 2.24) is 0 Å². The molecule has 0 aromatic carbocycles. The Morgan fingerprint density at radius 2 is 1.50 bits per heavy atom. The molecular formula is C16H26O2S4. The van der Waals surface area contributed by atoms with Gasteiger partial charge in [0.15, 0.2) is 5.12 Å². The maximum atomic E-state index is 12.3. The van der Waals surface area contributed by atoms with Crippen molar-refractivity contribution in [2.45, 2.75) is 43.1 Å². The molecule has 0 bridgehead atoms. The Hall–Kier alpha value is 0.740. The Balaban J connectivity index is 1.63. The van der Waals surface area contributed by atoms with E-state index in [-0.39, 0.29) is 11.8 Å². The van der Waals surface area contributed by atoms with Gasteiger partial charge in [0, 0.05) is 45.3 Å². The van der Waals surface area contributed by atoms with Gasteiger partial charge in [0.05, 0.1) is 0 Å². The fraction of sp³-hybridized carbons (Fsp3) is 0.875. The predicted molar refractivity (Wildman–Crippen MR) is 104 cm³/mol. The molecule has 1 aliphatic carbocycles. The minimum absolute atomic E-state index is 0.200. The minimum atomic E-state index is 0.200. The number of hydrogen-bond acceptors (Lipinski definition) is 6. The van der Waals surface area contributed by atoms with Gasteiger partial charge in [0.2, 0.25) is 0 Å². The van der Waals surface area contributed by atoms with Crippen molar-refractivity contribution in [3.63, 3.8) is 0 Å². The summed E-state index contributed by atoms with van der Waals surface area (Å²) in [5.74, 6) is 5.35.